The van der Waals surface area contributed by atoms with Gasteiger partial charge >= 0.3 is 0 Å². The zero-order chi connectivity index (χ0) is 19.4. The van der Waals surface area contributed by atoms with E-state index in [4.69, 9.17) is 4.74 Å². The predicted octanol–water partition coefficient (Wildman–Crippen LogP) is 3.51. The van der Waals surface area contributed by atoms with Crippen molar-refractivity contribution in [3.63, 3.8) is 0 Å². The first kappa shape index (κ1) is 19.2. The lowest BCUT2D eigenvalue weighted by Crippen LogP contribution is -2.61. The quantitative estimate of drug-likeness (QED) is 0.798. The van der Waals surface area contributed by atoms with E-state index in [0.717, 1.165) is 38.9 Å². The van der Waals surface area contributed by atoms with Crippen molar-refractivity contribution in [2.24, 2.45) is 0 Å². The highest BCUT2D eigenvalue weighted by Crippen LogP contribution is 2.33. The van der Waals surface area contributed by atoms with Crippen LogP contribution in [0.15, 0.2) is 60.7 Å². The van der Waals surface area contributed by atoms with Gasteiger partial charge in [-0.25, -0.2) is 0 Å². The first-order chi connectivity index (χ1) is 13.6. The minimum absolute atomic E-state index is 0.112. The standard InChI is InChI=1S/C24H30N2O2/c1-20-23(27)26(18-22-10-6-3-7-11-22)19-24(28-20)13-16-25(17-14-24)15-12-21-8-4-2-5-9-21/h2-11,20H,12-19H2,1H3. The Kier molecular flexibility index (Phi) is 5.79. The van der Waals surface area contributed by atoms with Crippen molar-refractivity contribution >= 4 is 5.91 Å². The fraction of sp³-hybridized carbons (Fsp3) is 0.458. The van der Waals surface area contributed by atoms with Gasteiger partial charge in [0.05, 0.1) is 12.1 Å². The lowest BCUT2D eigenvalue weighted by atomic mass is 9.88. The van der Waals surface area contributed by atoms with E-state index in [1.165, 1.54) is 11.1 Å². The average molecular weight is 379 g/mol. The highest BCUT2D eigenvalue weighted by Gasteiger charge is 2.45. The number of morpholine rings is 1. The normalized spacial score (nSPS) is 22.5. The van der Waals surface area contributed by atoms with Crippen LogP contribution in [0, 0.1) is 0 Å². The van der Waals surface area contributed by atoms with Crippen molar-refractivity contribution in [2.45, 2.75) is 44.4 Å². The zero-order valence-electron chi connectivity index (χ0n) is 16.7. The maximum absolute atomic E-state index is 12.7. The van der Waals surface area contributed by atoms with Crippen LogP contribution < -0.4 is 0 Å². The largest absolute Gasteiger partial charge is 0.360 e. The Morgan fingerprint density at radius 1 is 0.964 bits per heavy atom. The number of carbonyl (C=O) groups excluding carboxylic acids is 1. The van der Waals surface area contributed by atoms with Crippen LogP contribution in [0.4, 0.5) is 0 Å². The molecular weight excluding hydrogens is 348 g/mol. The number of hydrogen-bond donors (Lipinski definition) is 0. The van der Waals surface area contributed by atoms with Crippen molar-refractivity contribution in [3.05, 3.63) is 71.8 Å². The predicted molar refractivity (Wildman–Crippen MR) is 111 cm³/mol. The number of likely N-dealkylation sites (tertiary alicyclic amines) is 1. The molecule has 1 unspecified atom stereocenters. The summed E-state index contributed by atoms with van der Waals surface area (Å²) < 4.78 is 6.29. The lowest BCUT2D eigenvalue weighted by molar-refractivity contribution is -0.190. The summed E-state index contributed by atoms with van der Waals surface area (Å²) in [6, 6.07) is 20.9. The Bertz CT molecular complexity index is 770. The van der Waals surface area contributed by atoms with Crippen LogP contribution in [0.3, 0.4) is 0 Å². The van der Waals surface area contributed by atoms with Crippen molar-refractivity contribution in [2.75, 3.05) is 26.2 Å². The molecule has 2 aliphatic rings. The molecule has 4 rings (SSSR count). The fourth-order valence-electron chi connectivity index (χ4n) is 4.48. The number of rotatable bonds is 5. The van der Waals surface area contributed by atoms with Crippen LogP contribution in [-0.2, 0) is 22.5 Å². The molecule has 2 aromatic rings. The van der Waals surface area contributed by atoms with Crippen LogP contribution in [0.2, 0.25) is 0 Å². The van der Waals surface area contributed by atoms with E-state index >= 15 is 0 Å². The van der Waals surface area contributed by atoms with Crippen LogP contribution in [0.25, 0.3) is 0 Å². The van der Waals surface area contributed by atoms with Gasteiger partial charge in [-0.2, -0.15) is 0 Å². The third-order valence-corrected chi connectivity index (χ3v) is 6.11. The number of amides is 1. The topological polar surface area (TPSA) is 32.8 Å². The summed E-state index contributed by atoms with van der Waals surface area (Å²) in [5, 5.41) is 0. The van der Waals surface area contributed by atoms with Gasteiger partial charge in [0.1, 0.15) is 6.10 Å². The molecule has 0 saturated carbocycles. The third-order valence-electron chi connectivity index (χ3n) is 6.11. The van der Waals surface area contributed by atoms with Gasteiger partial charge in [-0.3, -0.25) is 4.79 Å². The molecule has 28 heavy (non-hydrogen) atoms. The highest BCUT2D eigenvalue weighted by molar-refractivity contribution is 5.81. The van der Waals surface area contributed by atoms with Gasteiger partial charge in [0.25, 0.3) is 5.91 Å². The van der Waals surface area contributed by atoms with Crippen molar-refractivity contribution in [1.82, 2.24) is 9.80 Å². The summed E-state index contributed by atoms with van der Waals surface area (Å²) in [5.41, 5.74) is 2.39. The molecule has 2 saturated heterocycles. The second-order valence-corrected chi connectivity index (χ2v) is 8.20. The highest BCUT2D eigenvalue weighted by atomic mass is 16.5. The van der Waals surface area contributed by atoms with Gasteiger partial charge in [-0.05, 0) is 37.3 Å². The number of benzene rings is 2. The molecule has 2 fully saturated rings. The Morgan fingerprint density at radius 3 is 2.21 bits per heavy atom. The molecule has 0 radical (unpaired) electrons. The molecule has 0 aliphatic carbocycles. The van der Waals surface area contributed by atoms with E-state index < -0.39 is 0 Å². The summed E-state index contributed by atoms with van der Waals surface area (Å²) in [7, 11) is 0. The van der Waals surface area contributed by atoms with Gasteiger partial charge in [0.15, 0.2) is 0 Å². The molecule has 0 bridgehead atoms. The molecular formula is C24H30N2O2. The SMILES string of the molecule is CC1OC2(CCN(CCc3ccccc3)CC2)CN(Cc2ccccc2)C1=O. The van der Waals surface area contributed by atoms with Gasteiger partial charge in [-0.1, -0.05) is 60.7 Å². The maximum atomic E-state index is 12.7. The van der Waals surface area contributed by atoms with E-state index in [1.54, 1.807) is 0 Å². The lowest BCUT2D eigenvalue weighted by Gasteiger charge is -2.49. The number of piperidine rings is 1. The second kappa shape index (κ2) is 8.46. The zero-order valence-corrected chi connectivity index (χ0v) is 16.7. The molecule has 1 atom stereocenters. The molecule has 0 N–H and O–H groups in total. The van der Waals surface area contributed by atoms with E-state index in [0.29, 0.717) is 13.1 Å². The van der Waals surface area contributed by atoms with Gasteiger partial charge in [0, 0.05) is 26.2 Å². The third kappa shape index (κ3) is 4.45. The monoisotopic (exact) mass is 378 g/mol. The van der Waals surface area contributed by atoms with Crippen LogP contribution in [0.5, 0.6) is 0 Å². The fourth-order valence-corrected chi connectivity index (χ4v) is 4.48. The summed E-state index contributed by atoms with van der Waals surface area (Å²) >= 11 is 0. The van der Waals surface area contributed by atoms with Crippen LogP contribution >= 0.6 is 0 Å². The van der Waals surface area contributed by atoms with E-state index in [9.17, 15) is 4.79 Å². The molecule has 0 aromatic heterocycles. The van der Waals surface area contributed by atoms with E-state index in [1.807, 2.05) is 30.0 Å². The number of nitrogens with zero attached hydrogens (tertiary/aromatic N) is 2. The summed E-state index contributed by atoms with van der Waals surface area (Å²) in [6.45, 7) is 6.44. The molecule has 4 heteroatoms. The van der Waals surface area contributed by atoms with Crippen molar-refractivity contribution in [1.29, 1.82) is 0 Å². The van der Waals surface area contributed by atoms with Crippen molar-refractivity contribution in [3.8, 4) is 0 Å². The average Bonchev–Trinajstić information content (AvgIpc) is 2.73. The maximum Gasteiger partial charge on any atom is 0.251 e. The Hall–Kier alpha value is -2.17. The first-order valence-electron chi connectivity index (χ1n) is 10.4. The first-order valence-corrected chi connectivity index (χ1v) is 10.4. The molecule has 2 heterocycles. The summed E-state index contributed by atoms with van der Waals surface area (Å²) in [4.78, 5) is 17.2. The van der Waals surface area contributed by atoms with E-state index in [2.05, 4.69) is 47.4 Å². The Labute approximate surface area is 168 Å². The second-order valence-electron chi connectivity index (χ2n) is 8.20. The van der Waals surface area contributed by atoms with Gasteiger partial charge in [0.2, 0.25) is 0 Å². The van der Waals surface area contributed by atoms with Gasteiger partial charge in [-0.15, -0.1) is 0 Å². The molecule has 2 aromatic carbocycles. The molecule has 2 aliphatic heterocycles. The minimum Gasteiger partial charge on any atom is -0.360 e. The van der Waals surface area contributed by atoms with Crippen molar-refractivity contribution < 1.29 is 9.53 Å². The number of hydrogen-bond acceptors (Lipinski definition) is 3. The van der Waals surface area contributed by atoms with Gasteiger partial charge < -0.3 is 14.5 Å². The Balaban J connectivity index is 1.35. The molecule has 1 amide bonds. The van der Waals surface area contributed by atoms with Crippen LogP contribution in [0.1, 0.15) is 30.9 Å². The summed E-state index contributed by atoms with van der Waals surface area (Å²) in [5.74, 6) is 0.112. The Morgan fingerprint density at radius 2 is 1.57 bits per heavy atom. The minimum atomic E-state index is -0.353. The number of carbonyl (C=O) groups is 1. The number of ether oxygens (including phenoxy) is 1. The molecule has 1 spiro atoms. The van der Waals surface area contributed by atoms with Crippen LogP contribution in [-0.4, -0.2) is 53.6 Å². The summed E-state index contributed by atoms with van der Waals surface area (Å²) in [6.07, 6.45) is 2.72. The van der Waals surface area contributed by atoms with E-state index in [-0.39, 0.29) is 17.6 Å². The molecule has 4 nitrogen and oxygen atoms in total. The molecule has 148 valence electrons. The smallest absolute Gasteiger partial charge is 0.251 e.